The normalized spacial score (nSPS) is 13.2. The van der Waals surface area contributed by atoms with Crippen LogP contribution in [0.15, 0.2) is 12.2 Å². The van der Waals surface area contributed by atoms with Gasteiger partial charge in [0, 0.05) is 6.42 Å². The first-order valence-corrected chi connectivity index (χ1v) is 8.61. The van der Waals surface area contributed by atoms with E-state index in [-0.39, 0.29) is 12.4 Å². The fourth-order valence-corrected chi connectivity index (χ4v) is 2.36. The Balaban J connectivity index is 3.94. The van der Waals surface area contributed by atoms with Crippen LogP contribution in [0.3, 0.4) is 0 Å². The van der Waals surface area contributed by atoms with Gasteiger partial charge in [-0.2, -0.15) is 0 Å². The Morgan fingerprint density at radius 1 is 1.09 bits per heavy atom. The van der Waals surface area contributed by atoms with E-state index in [1.54, 1.807) is 0 Å². The highest BCUT2D eigenvalue weighted by atomic mass is 16.5. The van der Waals surface area contributed by atoms with Crippen molar-refractivity contribution in [3.05, 3.63) is 12.2 Å². The molecule has 1 N–H and O–H groups in total. The van der Waals surface area contributed by atoms with Crippen molar-refractivity contribution in [3.8, 4) is 0 Å². The zero-order valence-corrected chi connectivity index (χ0v) is 15.2. The van der Waals surface area contributed by atoms with Crippen LogP contribution >= 0.6 is 0 Å². The van der Waals surface area contributed by atoms with Crippen molar-refractivity contribution in [3.63, 3.8) is 0 Å². The Morgan fingerprint density at radius 2 is 1.74 bits per heavy atom. The van der Waals surface area contributed by atoms with E-state index in [4.69, 9.17) is 9.84 Å². The van der Waals surface area contributed by atoms with Gasteiger partial charge in [-0.1, -0.05) is 31.9 Å². The summed E-state index contributed by atoms with van der Waals surface area (Å²) in [4.78, 5) is 22.7. The molecule has 0 aliphatic rings. The summed E-state index contributed by atoms with van der Waals surface area (Å²) in [6.07, 6.45) is 10.3. The van der Waals surface area contributed by atoms with E-state index in [0.717, 1.165) is 38.5 Å². The van der Waals surface area contributed by atoms with E-state index in [2.05, 4.69) is 19.1 Å². The summed E-state index contributed by atoms with van der Waals surface area (Å²) in [6.45, 7) is 2.63. The average molecular weight is 328 g/mol. The maximum Gasteiger partial charge on any atom is 0.307 e. The van der Waals surface area contributed by atoms with Crippen LogP contribution in [0.1, 0.15) is 58.3 Å². The number of rotatable bonds is 13. The monoisotopic (exact) mass is 328 g/mol. The van der Waals surface area contributed by atoms with Gasteiger partial charge in [0.25, 0.3) is 0 Å². The van der Waals surface area contributed by atoms with E-state index >= 15 is 0 Å². The minimum Gasteiger partial charge on any atom is -0.481 e. The van der Waals surface area contributed by atoms with Crippen molar-refractivity contribution >= 4 is 11.9 Å². The number of unbranched alkanes of at least 4 members (excludes halogenated alkanes) is 4. The molecule has 0 saturated heterocycles. The molecule has 5 nitrogen and oxygen atoms in total. The number of ether oxygens (including phenoxy) is 1. The minimum atomic E-state index is -0.934. The van der Waals surface area contributed by atoms with Gasteiger partial charge in [-0.3, -0.25) is 9.59 Å². The number of quaternary nitrogens is 1. The molecule has 0 aromatic rings. The standard InChI is InChI=1S/C18H33NO4/c1-5-6-7-8-9-10-11-12-13-18(22)23-16(14-17(20)21)15-19(2,3)4/h6-7,16H,5,8-15H2,1-4H3/p+1/b7-6+. The van der Waals surface area contributed by atoms with E-state index in [1.165, 1.54) is 0 Å². The van der Waals surface area contributed by atoms with Crippen molar-refractivity contribution in [1.82, 2.24) is 0 Å². The molecule has 134 valence electrons. The number of carboxylic acids is 1. The summed E-state index contributed by atoms with van der Waals surface area (Å²) >= 11 is 0. The first-order valence-electron chi connectivity index (χ1n) is 8.61. The molecule has 5 heteroatoms. The lowest BCUT2D eigenvalue weighted by Crippen LogP contribution is -2.43. The van der Waals surface area contributed by atoms with E-state index in [0.29, 0.717) is 17.4 Å². The van der Waals surface area contributed by atoms with E-state index in [9.17, 15) is 9.59 Å². The Kier molecular flexibility index (Phi) is 11.4. The Bertz CT molecular complexity index is 372. The number of esters is 1. The highest BCUT2D eigenvalue weighted by Crippen LogP contribution is 2.10. The molecule has 0 spiro atoms. The number of carboxylic acid groups (broad SMARTS) is 1. The molecule has 0 aliphatic carbocycles. The highest BCUT2D eigenvalue weighted by molar-refractivity contribution is 5.71. The predicted molar refractivity (Wildman–Crippen MR) is 92.2 cm³/mol. The second-order valence-corrected chi connectivity index (χ2v) is 7.02. The van der Waals surface area contributed by atoms with Crippen molar-refractivity contribution < 1.29 is 23.9 Å². The predicted octanol–water partition coefficient (Wildman–Crippen LogP) is 3.39. The van der Waals surface area contributed by atoms with Crippen LogP contribution in [0, 0.1) is 0 Å². The molecule has 0 bridgehead atoms. The molecule has 0 heterocycles. The number of nitrogens with zero attached hydrogens (tertiary/aromatic N) is 1. The number of aliphatic carboxylic acids is 1. The van der Waals surface area contributed by atoms with Crippen molar-refractivity contribution in [2.75, 3.05) is 27.7 Å². The summed E-state index contributed by atoms with van der Waals surface area (Å²) in [6, 6.07) is 0. The molecular weight excluding hydrogens is 294 g/mol. The Hall–Kier alpha value is -1.36. The minimum absolute atomic E-state index is 0.134. The number of allylic oxidation sites excluding steroid dienone is 2. The maximum absolute atomic E-state index is 11.9. The van der Waals surface area contributed by atoms with Gasteiger partial charge in [-0.05, 0) is 25.7 Å². The fourth-order valence-electron chi connectivity index (χ4n) is 2.36. The van der Waals surface area contributed by atoms with Gasteiger partial charge in [-0.15, -0.1) is 0 Å². The topological polar surface area (TPSA) is 63.6 Å². The van der Waals surface area contributed by atoms with Crippen LogP contribution in [0.4, 0.5) is 0 Å². The lowest BCUT2D eigenvalue weighted by molar-refractivity contribution is -0.873. The fraction of sp³-hybridized carbons (Fsp3) is 0.778. The number of hydrogen-bond donors (Lipinski definition) is 1. The van der Waals surface area contributed by atoms with Gasteiger partial charge in [0.1, 0.15) is 6.54 Å². The van der Waals surface area contributed by atoms with Crippen LogP contribution in [0.2, 0.25) is 0 Å². The third-order valence-corrected chi connectivity index (χ3v) is 3.36. The lowest BCUT2D eigenvalue weighted by atomic mass is 10.1. The summed E-state index contributed by atoms with van der Waals surface area (Å²) in [5, 5.41) is 8.92. The number of carbonyl (C=O) groups is 2. The van der Waals surface area contributed by atoms with Gasteiger partial charge in [0.2, 0.25) is 0 Å². The third kappa shape index (κ3) is 15.3. The lowest BCUT2D eigenvalue weighted by Gasteiger charge is -2.28. The quantitative estimate of drug-likeness (QED) is 0.244. The number of carbonyl (C=O) groups excluding carboxylic acids is 1. The molecule has 0 amide bonds. The molecule has 0 fully saturated rings. The van der Waals surface area contributed by atoms with E-state index in [1.807, 2.05) is 21.1 Å². The van der Waals surface area contributed by atoms with Crippen molar-refractivity contribution in [2.24, 2.45) is 0 Å². The summed E-state index contributed by atoms with van der Waals surface area (Å²) in [5.74, 6) is -1.22. The van der Waals surface area contributed by atoms with Gasteiger partial charge in [0.15, 0.2) is 6.10 Å². The smallest absolute Gasteiger partial charge is 0.307 e. The largest absolute Gasteiger partial charge is 0.481 e. The first-order chi connectivity index (χ1) is 10.7. The second-order valence-electron chi connectivity index (χ2n) is 7.02. The summed E-state index contributed by atoms with van der Waals surface area (Å²) in [5.41, 5.74) is 0. The highest BCUT2D eigenvalue weighted by Gasteiger charge is 2.24. The Morgan fingerprint density at radius 3 is 2.30 bits per heavy atom. The molecule has 23 heavy (non-hydrogen) atoms. The molecule has 0 saturated carbocycles. The SMILES string of the molecule is CC/C=C/CCCCCCC(=O)OC(CC(=O)O)C[N+](C)(C)C. The molecule has 0 aromatic carbocycles. The Labute approximate surface area is 140 Å². The van der Waals surface area contributed by atoms with Crippen LogP contribution in [-0.4, -0.2) is 55.3 Å². The van der Waals surface area contributed by atoms with Crippen LogP contribution in [0.25, 0.3) is 0 Å². The van der Waals surface area contributed by atoms with Gasteiger partial charge in [-0.25, -0.2) is 0 Å². The molecule has 0 rings (SSSR count). The van der Waals surface area contributed by atoms with E-state index < -0.39 is 12.1 Å². The maximum atomic E-state index is 11.9. The zero-order valence-electron chi connectivity index (χ0n) is 15.2. The molecule has 0 aliphatic heterocycles. The van der Waals surface area contributed by atoms with Gasteiger partial charge in [0.05, 0.1) is 27.6 Å². The van der Waals surface area contributed by atoms with Crippen molar-refractivity contribution in [1.29, 1.82) is 0 Å². The van der Waals surface area contributed by atoms with Crippen LogP contribution in [0.5, 0.6) is 0 Å². The average Bonchev–Trinajstić information content (AvgIpc) is 2.39. The van der Waals surface area contributed by atoms with Gasteiger partial charge < -0.3 is 14.3 Å². The third-order valence-electron chi connectivity index (χ3n) is 3.36. The molecule has 0 radical (unpaired) electrons. The van der Waals surface area contributed by atoms with Gasteiger partial charge >= 0.3 is 11.9 Å². The van der Waals surface area contributed by atoms with Crippen LogP contribution in [-0.2, 0) is 14.3 Å². The number of hydrogen-bond acceptors (Lipinski definition) is 3. The number of likely N-dealkylation sites (N-methyl/N-ethyl adjacent to an activating group) is 1. The second kappa shape index (κ2) is 12.1. The first kappa shape index (κ1) is 21.6. The molecule has 1 atom stereocenters. The molecular formula is C18H34NO4+. The van der Waals surface area contributed by atoms with Crippen LogP contribution < -0.4 is 0 Å². The summed E-state index contributed by atoms with van der Waals surface area (Å²) in [7, 11) is 5.86. The summed E-state index contributed by atoms with van der Waals surface area (Å²) < 4.78 is 5.92. The molecule has 1 unspecified atom stereocenters. The van der Waals surface area contributed by atoms with Crippen molar-refractivity contribution in [2.45, 2.75) is 64.4 Å². The zero-order chi connectivity index (χ0) is 17.7. The molecule has 0 aromatic heterocycles.